The molecular weight excluding hydrogens is 260 g/mol. The summed E-state index contributed by atoms with van der Waals surface area (Å²) in [6.07, 6.45) is 5.67. The quantitative estimate of drug-likeness (QED) is 0.836. The van der Waals surface area contributed by atoms with Gasteiger partial charge in [-0.1, -0.05) is 13.0 Å². The summed E-state index contributed by atoms with van der Waals surface area (Å²) in [4.78, 5) is 9.44. The third-order valence-electron chi connectivity index (χ3n) is 4.50. The van der Waals surface area contributed by atoms with E-state index < -0.39 is 0 Å². The van der Waals surface area contributed by atoms with E-state index in [9.17, 15) is 0 Å². The SMILES string of the molecule is CCCNC(C)c1cccnc1N(C)CC1CCCN1C. The summed E-state index contributed by atoms with van der Waals surface area (Å²) >= 11 is 0. The maximum Gasteiger partial charge on any atom is 0.133 e. The number of aromatic nitrogens is 1. The molecule has 2 unspecified atom stereocenters. The second-order valence-corrected chi connectivity index (χ2v) is 6.25. The third kappa shape index (κ3) is 4.17. The van der Waals surface area contributed by atoms with Crippen LogP contribution in [-0.2, 0) is 0 Å². The summed E-state index contributed by atoms with van der Waals surface area (Å²) in [5.74, 6) is 1.12. The Bertz CT molecular complexity index is 435. The number of nitrogens with one attached hydrogen (secondary N) is 1. The number of rotatable bonds is 7. The van der Waals surface area contributed by atoms with E-state index >= 15 is 0 Å². The highest BCUT2D eigenvalue weighted by Crippen LogP contribution is 2.25. The first-order valence-corrected chi connectivity index (χ1v) is 8.23. The molecule has 1 aromatic heterocycles. The minimum Gasteiger partial charge on any atom is -0.358 e. The van der Waals surface area contributed by atoms with Crippen molar-refractivity contribution in [2.24, 2.45) is 0 Å². The van der Waals surface area contributed by atoms with Gasteiger partial charge < -0.3 is 15.1 Å². The zero-order chi connectivity index (χ0) is 15.2. The number of pyridine rings is 1. The largest absolute Gasteiger partial charge is 0.358 e. The summed E-state index contributed by atoms with van der Waals surface area (Å²) < 4.78 is 0. The molecule has 1 aliphatic heterocycles. The fourth-order valence-corrected chi connectivity index (χ4v) is 3.15. The van der Waals surface area contributed by atoms with Gasteiger partial charge in [0, 0.05) is 37.4 Å². The van der Waals surface area contributed by atoms with E-state index in [2.05, 4.69) is 54.1 Å². The van der Waals surface area contributed by atoms with Crippen LogP contribution in [0, 0.1) is 0 Å². The van der Waals surface area contributed by atoms with E-state index in [4.69, 9.17) is 0 Å². The molecule has 4 heteroatoms. The maximum absolute atomic E-state index is 4.64. The number of anilines is 1. The molecule has 1 N–H and O–H groups in total. The zero-order valence-corrected chi connectivity index (χ0v) is 14.0. The molecule has 0 amide bonds. The molecule has 0 bridgehead atoms. The summed E-state index contributed by atoms with van der Waals surface area (Å²) in [5, 5.41) is 3.57. The van der Waals surface area contributed by atoms with Gasteiger partial charge in [-0.2, -0.15) is 0 Å². The molecule has 21 heavy (non-hydrogen) atoms. The lowest BCUT2D eigenvalue weighted by molar-refractivity contribution is 0.313. The topological polar surface area (TPSA) is 31.4 Å². The molecule has 2 heterocycles. The molecule has 0 spiro atoms. The maximum atomic E-state index is 4.64. The van der Waals surface area contributed by atoms with Crippen molar-refractivity contribution in [2.45, 2.75) is 45.2 Å². The van der Waals surface area contributed by atoms with Crippen LogP contribution in [0.5, 0.6) is 0 Å². The van der Waals surface area contributed by atoms with Crippen LogP contribution in [0.3, 0.4) is 0 Å². The first-order chi connectivity index (χ1) is 10.1. The van der Waals surface area contributed by atoms with Crippen molar-refractivity contribution in [3.63, 3.8) is 0 Å². The Morgan fingerprint density at radius 2 is 2.33 bits per heavy atom. The molecule has 1 aliphatic rings. The Balaban J connectivity index is 2.07. The molecule has 2 atom stereocenters. The molecule has 1 fully saturated rings. The Morgan fingerprint density at radius 3 is 3.00 bits per heavy atom. The number of hydrogen-bond donors (Lipinski definition) is 1. The van der Waals surface area contributed by atoms with Crippen LogP contribution in [0.25, 0.3) is 0 Å². The van der Waals surface area contributed by atoms with Gasteiger partial charge in [-0.05, 0) is 52.4 Å². The summed E-state index contributed by atoms with van der Waals surface area (Å²) in [5.41, 5.74) is 1.30. The number of nitrogens with zero attached hydrogens (tertiary/aromatic N) is 3. The normalized spacial score (nSPS) is 20.7. The first kappa shape index (κ1) is 16.2. The Hall–Kier alpha value is -1.13. The Morgan fingerprint density at radius 1 is 1.52 bits per heavy atom. The molecule has 4 nitrogen and oxygen atoms in total. The van der Waals surface area contributed by atoms with Crippen LogP contribution in [0.15, 0.2) is 18.3 Å². The molecular formula is C17H30N4. The minimum atomic E-state index is 0.345. The third-order valence-corrected chi connectivity index (χ3v) is 4.50. The predicted molar refractivity (Wildman–Crippen MR) is 89.9 cm³/mol. The van der Waals surface area contributed by atoms with Crippen molar-refractivity contribution in [3.05, 3.63) is 23.9 Å². The summed E-state index contributed by atoms with van der Waals surface area (Å²) in [6, 6.07) is 5.24. The lowest BCUT2D eigenvalue weighted by atomic mass is 10.1. The van der Waals surface area contributed by atoms with Crippen LogP contribution in [0.1, 0.15) is 44.7 Å². The molecule has 1 aromatic rings. The lowest BCUT2D eigenvalue weighted by Crippen LogP contribution is -2.37. The highest BCUT2D eigenvalue weighted by Gasteiger charge is 2.23. The lowest BCUT2D eigenvalue weighted by Gasteiger charge is -2.29. The Labute approximate surface area is 129 Å². The van der Waals surface area contributed by atoms with Crippen molar-refractivity contribution >= 4 is 5.82 Å². The van der Waals surface area contributed by atoms with Crippen LogP contribution >= 0.6 is 0 Å². The first-order valence-electron chi connectivity index (χ1n) is 8.23. The molecule has 0 aromatic carbocycles. The molecule has 1 saturated heterocycles. The van der Waals surface area contributed by atoms with Gasteiger partial charge in [0.25, 0.3) is 0 Å². The van der Waals surface area contributed by atoms with Crippen molar-refractivity contribution in [1.29, 1.82) is 0 Å². The van der Waals surface area contributed by atoms with Crippen molar-refractivity contribution in [2.75, 3.05) is 38.6 Å². The van der Waals surface area contributed by atoms with Gasteiger partial charge in [-0.25, -0.2) is 4.98 Å². The van der Waals surface area contributed by atoms with Crippen LogP contribution in [-0.4, -0.2) is 49.7 Å². The number of hydrogen-bond acceptors (Lipinski definition) is 4. The summed E-state index contributed by atoms with van der Waals surface area (Å²) in [7, 11) is 4.40. The highest BCUT2D eigenvalue weighted by molar-refractivity contribution is 5.47. The second-order valence-electron chi connectivity index (χ2n) is 6.25. The standard InChI is InChI=1S/C17H30N4/c1-5-10-18-14(2)16-9-6-11-19-17(16)21(4)13-15-8-7-12-20(15)3/h6,9,11,14-15,18H,5,7-8,10,12-13H2,1-4H3. The van der Waals surface area contributed by atoms with Gasteiger partial charge in [0.2, 0.25) is 0 Å². The zero-order valence-electron chi connectivity index (χ0n) is 14.0. The van der Waals surface area contributed by atoms with Gasteiger partial charge in [-0.3, -0.25) is 0 Å². The predicted octanol–water partition coefficient (Wildman–Crippen LogP) is 2.67. The monoisotopic (exact) mass is 290 g/mol. The van der Waals surface area contributed by atoms with Gasteiger partial charge in [0.05, 0.1) is 0 Å². The van der Waals surface area contributed by atoms with E-state index in [1.54, 1.807) is 0 Å². The van der Waals surface area contributed by atoms with Crippen LogP contribution < -0.4 is 10.2 Å². The number of likely N-dealkylation sites (N-methyl/N-ethyl adjacent to an activating group) is 2. The van der Waals surface area contributed by atoms with Gasteiger partial charge >= 0.3 is 0 Å². The van der Waals surface area contributed by atoms with Crippen LogP contribution in [0.2, 0.25) is 0 Å². The highest BCUT2D eigenvalue weighted by atomic mass is 15.2. The van der Waals surface area contributed by atoms with Crippen molar-refractivity contribution < 1.29 is 0 Å². The molecule has 118 valence electrons. The molecule has 0 saturated carbocycles. The van der Waals surface area contributed by atoms with Gasteiger partial charge in [0.15, 0.2) is 0 Å². The average Bonchev–Trinajstić information content (AvgIpc) is 2.90. The van der Waals surface area contributed by atoms with Crippen LogP contribution in [0.4, 0.5) is 5.82 Å². The average molecular weight is 290 g/mol. The number of likely N-dealkylation sites (tertiary alicyclic amines) is 1. The van der Waals surface area contributed by atoms with E-state index in [0.29, 0.717) is 12.1 Å². The van der Waals surface area contributed by atoms with E-state index in [1.165, 1.54) is 24.9 Å². The van der Waals surface area contributed by atoms with Gasteiger partial charge in [-0.15, -0.1) is 0 Å². The van der Waals surface area contributed by atoms with Gasteiger partial charge in [0.1, 0.15) is 5.82 Å². The van der Waals surface area contributed by atoms with E-state index in [-0.39, 0.29) is 0 Å². The van der Waals surface area contributed by atoms with Crippen molar-refractivity contribution in [1.82, 2.24) is 15.2 Å². The molecule has 2 rings (SSSR count). The fourth-order valence-electron chi connectivity index (χ4n) is 3.15. The van der Waals surface area contributed by atoms with E-state index in [1.807, 2.05) is 12.3 Å². The fraction of sp³-hybridized carbons (Fsp3) is 0.706. The second kappa shape index (κ2) is 7.76. The molecule has 0 aliphatic carbocycles. The Kier molecular flexibility index (Phi) is 6.00. The molecule has 0 radical (unpaired) electrons. The smallest absolute Gasteiger partial charge is 0.133 e. The minimum absolute atomic E-state index is 0.345. The summed E-state index contributed by atoms with van der Waals surface area (Å²) in [6.45, 7) is 7.76. The van der Waals surface area contributed by atoms with E-state index in [0.717, 1.165) is 25.3 Å². The van der Waals surface area contributed by atoms with Crippen molar-refractivity contribution in [3.8, 4) is 0 Å².